The molecule has 0 aliphatic carbocycles. The SMILES string of the molecule is Cc1cc2nccc(-c3ccc(Cl)cc3)n2n1. The zero-order valence-electron chi connectivity index (χ0n) is 9.26. The van der Waals surface area contributed by atoms with Crippen LogP contribution < -0.4 is 0 Å². The molecule has 4 heteroatoms. The summed E-state index contributed by atoms with van der Waals surface area (Å²) in [6.07, 6.45) is 1.79. The van der Waals surface area contributed by atoms with Gasteiger partial charge in [0, 0.05) is 22.8 Å². The summed E-state index contributed by atoms with van der Waals surface area (Å²) in [6.45, 7) is 1.96. The van der Waals surface area contributed by atoms with Gasteiger partial charge in [-0.3, -0.25) is 0 Å². The summed E-state index contributed by atoms with van der Waals surface area (Å²) in [4.78, 5) is 4.28. The molecular weight excluding hydrogens is 234 g/mol. The average molecular weight is 244 g/mol. The maximum atomic E-state index is 5.89. The van der Waals surface area contributed by atoms with Crippen LogP contribution in [0.15, 0.2) is 42.6 Å². The van der Waals surface area contributed by atoms with Gasteiger partial charge >= 0.3 is 0 Å². The molecule has 0 N–H and O–H groups in total. The molecular formula is C13H10ClN3. The van der Waals surface area contributed by atoms with Crippen molar-refractivity contribution in [2.24, 2.45) is 0 Å². The second kappa shape index (κ2) is 3.86. The van der Waals surface area contributed by atoms with E-state index >= 15 is 0 Å². The lowest BCUT2D eigenvalue weighted by Gasteiger charge is -2.04. The summed E-state index contributed by atoms with van der Waals surface area (Å²) < 4.78 is 1.85. The van der Waals surface area contributed by atoms with Crippen LogP contribution in [0.2, 0.25) is 5.02 Å². The van der Waals surface area contributed by atoms with Crippen molar-refractivity contribution in [2.45, 2.75) is 6.92 Å². The number of benzene rings is 1. The van der Waals surface area contributed by atoms with Gasteiger partial charge in [-0.2, -0.15) is 5.10 Å². The third-order valence-corrected chi connectivity index (χ3v) is 2.87. The second-order valence-electron chi connectivity index (χ2n) is 3.89. The van der Waals surface area contributed by atoms with Gasteiger partial charge in [0.1, 0.15) is 0 Å². The zero-order chi connectivity index (χ0) is 11.8. The highest BCUT2D eigenvalue weighted by molar-refractivity contribution is 6.30. The molecule has 0 spiro atoms. The Balaban J connectivity index is 2.26. The molecule has 1 aromatic carbocycles. The highest BCUT2D eigenvalue weighted by Gasteiger charge is 2.06. The lowest BCUT2D eigenvalue weighted by Crippen LogP contribution is -1.95. The maximum Gasteiger partial charge on any atom is 0.155 e. The number of halogens is 1. The summed E-state index contributed by atoms with van der Waals surface area (Å²) in [7, 11) is 0. The van der Waals surface area contributed by atoms with Gasteiger partial charge in [-0.15, -0.1) is 0 Å². The quantitative estimate of drug-likeness (QED) is 0.656. The fourth-order valence-corrected chi connectivity index (χ4v) is 1.98. The molecule has 2 aromatic heterocycles. The largest absolute Gasteiger partial charge is 0.237 e. The minimum Gasteiger partial charge on any atom is -0.237 e. The number of fused-ring (bicyclic) bond motifs is 1. The highest BCUT2D eigenvalue weighted by Crippen LogP contribution is 2.21. The number of aryl methyl sites for hydroxylation is 1. The van der Waals surface area contributed by atoms with Crippen molar-refractivity contribution in [3.63, 3.8) is 0 Å². The fourth-order valence-electron chi connectivity index (χ4n) is 1.85. The Labute approximate surface area is 104 Å². The summed E-state index contributed by atoms with van der Waals surface area (Å²) in [5, 5.41) is 5.17. The van der Waals surface area contributed by atoms with E-state index in [1.54, 1.807) is 6.20 Å². The molecule has 0 unspecified atom stereocenters. The number of aromatic nitrogens is 3. The highest BCUT2D eigenvalue weighted by atomic mass is 35.5. The monoisotopic (exact) mass is 243 g/mol. The molecule has 3 aromatic rings. The normalized spacial score (nSPS) is 10.9. The smallest absolute Gasteiger partial charge is 0.155 e. The lowest BCUT2D eigenvalue weighted by atomic mass is 10.1. The van der Waals surface area contributed by atoms with Crippen molar-refractivity contribution in [3.05, 3.63) is 53.3 Å². The fraction of sp³-hybridized carbons (Fsp3) is 0.0769. The van der Waals surface area contributed by atoms with Crippen molar-refractivity contribution in [3.8, 4) is 11.3 Å². The van der Waals surface area contributed by atoms with E-state index in [-0.39, 0.29) is 0 Å². The van der Waals surface area contributed by atoms with Gasteiger partial charge in [0.25, 0.3) is 0 Å². The Morgan fingerprint density at radius 2 is 1.88 bits per heavy atom. The van der Waals surface area contributed by atoms with Gasteiger partial charge in [-0.25, -0.2) is 9.50 Å². The molecule has 0 saturated heterocycles. The van der Waals surface area contributed by atoms with E-state index in [2.05, 4.69) is 10.1 Å². The van der Waals surface area contributed by atoms with Crippen LogP contribution in [-0.2, 0) is 0 Å². The van der Waals surface area contributed by atoms with Crippen molar-refractivity contribution in [1.82, 2.24) is 14.6 Å². The minimum absolute atomic E-state index is 0.732. The van der Waals surface area contributed by atoms with Crippen molar-refractivity contribution < 1.29 is 0 Å². The van der Waals surface area contributed by atoms with Crippen LogP contribution in [0.5, 0.6) is 0 Å². The van der Waals surface area contributed by atoms with E-state index in [1.165, 1.54) is 0 Å². The molecule has 84 valence electrons. The first-order chi connectivity index (χ1) is 8.24. The minimum atomic E-state index is 0.732. The third-order valence-electron chi connectivity index (χ3n) is 2.62. The Bertz CT molecular complexity index is 671. The first kappa shape index (κ1) is 10.3. The van der Waals surface area contributed by atoms with Crippen molar-refractivity contribution in [2.75, 3.05) is 0 Å². The number of hydrogen-bond acceptors (Lipinski definition) is 2. The van der Waals surface area contributed by atoms with Gasteiger partial charge in [-0.05, 0) is 25.1 Å². The van der Waals surface area contributed by atoms with Crippen molar-refractivity contribution in [1.29, 1.82) is 0 Å². The molecule has 0 bridgehead atoms. The molecule has 0 saturated carbocycles. The molecule has 2 heterocycles. The predicted molar refractivity (Wildman–Crippen MR) is 68.2 cm³/mol. The van der Waals surface area contributed by atoms with Crippen molar-refractivity contribution >= 4 is 17.2 Å². The summed E-state index contributed by atoms with van der Waals surface area (Å²) in [5.74, 6) is 0. The molecule has 3 rings (SSSR count). The second-order valence-corrected chi connectivity index (χ2v) is 4.33. The van der Waals surface area contributed by atoms with Crippen LogP contribution in [-0.4, -0.2) is 14.6 Å². The molecule has 0 fully saturated rings. The van der Waals surface area contributed by atoms with Gasteiger partial charge < -0.3 is 0 Å². The third kappa shape index (κ3) is 1.78. The Morgan fingerprint density at radius 3 is 2.65 bits per heavy atom. The molecule has 0 amide bonds. The topological polar surface area (TPSA) is 30.2 Å². The molecule has 3 nitrogen and oxygen atoms in total. The van der Waals surface area contributed by atoms with E-state index < -0.39 is 0 Å². The number of nitrogens with zero attached hydrogens (tertiary/aromatic N) is 3. The first-order valence-electron chi connectivity index (χ1n) is 5.31. The standard InChI is InChI=1S/C13H10ClN3/c1-9-8-13-15-7-6-12(17(13)16-9)10-2-4-11(14)5-3-10/h2-8H,1H3. The van der Waals surface area contributed by atoms with E-state index in [9.17, 15) is 0 Å². The van der Waals surface area contributed by atoms with E-state index in [0.717, 1.165) is 27.6 Å². The average Bonchev–Trinajstić information content (AvgIpc) is 2.70. The van der Waals surface area contributed by atoms with Crippen LogP contribution in [0, 0.1) is 6.92 Å². The van der Waals surface area contributed by atoms with Gasteiger partial charge in [0.2, 0.25) is 0 Å². The Kier molecular flexibility index (Phi) is 2.34. The number of hydrogen-bond donors (Lipinski definition) is 0. The molecule has 0 atom stereocenters. The molecule has 17 heavy (non-hydrogen) atoms. The van der Waals surface area contributed by atoms with E-state index in [4.69, 9.17) is 11.6 Å². The first-order valence-corrected chi connectivity index (χ1v) is 5.69. The molecule has 0 aliphatic heterocycles. The van der Waals surface area contributed by atoms with Gasteiger partial charge in [0.05, 0.1) is 11.4 Å². The lowest BCUT2D eigenvalue weighted by molar-refractivity contribution is 0.925. The summed E-state index contributed by atoms with van der Waals surface area (Å²) in [5.41, 5.74) is 3.90. The zero-order valence-corrected chi connectivity index (χ0v) is 10.0. The van der Waals surface area contributed by atoms with Crippen LogP contribution >= 0.6 is 11.6 Å². The van der Waals surface area contributed by atoms with Crippen LogP contribution in [0.4, 0.5) is 0 Å². The summed E-state index contributed by atoms with van der Waals surface area (Å²) in [6, 6.07) is 11.6. The van der Waals surface area contributed by atoms with Gasteiger partial charge in [-0.1, -0.05) is 23.7 Å². The van der Waals surface area contributed by atoms with Gasteiger partial charge in [0.15, 0.2) is 5.65 Å². The predicted octanol–water partition coefficient (Wildman–Crippen LogP) is 3.36. The Morgan fingerprint density at radius 1 is 1.12 bits per heavy atom. The molecule has 0 aliphatic rings. The van der Waals surface area contributed by atoms with Crippen LogP contribution in [0.1, 0.15) is 5.69 Å². The van der Waals surface area contributed by atoms with Crippen LogP contribution in [0.3, 0.4) is 0 Å². The summed E-state index contributed by atoms with van der Waals surface area (Å²) >= 11 is 5.89. The van der Waals surface area contributed by atoms with E-state index in [0.29, 0.717) is 0 Å². The molecule has 0 radical (unpaired) electrons. The maximum absolute atomic E-state index is 5.89. The van der Waals surface area contributed by atoms with Crippen LogP contribution in [0.25, 0.3) is 16.9 Å². The Hall–Kier alpha value is -1.87. The number of rotatable bonds is 1. The van der Waals surface area contributed by atoms with E-state index in [1.807, 2.05) is 47.8 Å².